The summed E-state index contributed by atoms with van der Waals surface area (Å²) in [5.74, 6) is 0.870. The molecule has 0 spiro atoms. The van der Waals surface area contributed by atoms with Crippen LogP contribution in [0.1, 0.15) is 31.7 Å². The second-order valence-electron chi connectivity index (χ2n) is 7.35. The minimum atomic E-state index is -0.318. The fourth-order valence-electron chi connectivity index (χ4n) is 3.93. The lowest BCUT2D eigenvalue weighted by molar-refractivity contribution is 0.302. The number of aromatic nitrogens is 7. The monoisotopic (exact) mass is 406 g/mol. The van der Waals surface area contributed by atoms with E-state index in [-0.39, 0.29) is 23.5 Å². The van der Waals surface area contributed by atoms with Crippen LogP contribution in [0, 0.1) is 5.82 Å². The summed E-state index contributed by atoms with van der Waals surface area (Å²) in [4.78, 5) is 24.8. The molecule has 1 saturated carbocycles. The summed E-state index contributed by atoms with van der Waals surface area (Å²) in [6, 6.07) is 7.82. The fourth-order valence-corrected chi connectivity index (χ4v) is 3.93. The van der Waals surface area contributed by atoms with Crippen LogP contribution in [0.15, 0.2) is 54.1 Å². The second-order valence-corrected chi connectivity index (χ2v) is 7.35. The third kappa shape index (κ3) is 3.51. The van der Waals surface area contributed by atoms with Crippen LogP contribution in [0.5, 0.6) is 0 Å². The van der Waals surface area contributed by atoms with E-state index in [1.54, 1.807) is 23.1 Å². The Morgan fingerprint density at radius 1 is 1.03 bits per heavy atom. The van der Waals surface area contributed by atoms with Crippen LogP contribution >= 0.6 is 0 Å². The molecule has 0 amide bonds. The zero-order valence-electron chi connectivity index (χ0n) is 16.0. The number of benzene rings is 1. The minimum Gasteiger partial charge on any atom is -0.367 e. The first-order valence-corrected chi connectivity index (χ1v) is 9.79. The largest absolute Gasteiger partial charge is 0.367 e. The van der Waals surface area contributed by atoms with E-state index in [9.17, 15) is 9.18 Å². The topological polar surface area (TPSA) is 103 Å². The quantitative estimate of drug-likeness (QED) is 0.555. The SMILES string of the molecule is O=c1ccc(-n2cncn2)nn1C1CCC(Nc2ncnc3ccc(F)cc23)CC1. The van der Waals surface area contributed by atoms with Gasteiger partial charge in [-0.3, -0.25) is 4.79 Å². The molecule has 10 heteroatoms. The predicted molar refractivity (Wildman–Crippen MR) is 108 cm³/mol. The van der Waals surface area contributed by atoms with E-state index in [1.165, 1.54) is 35.5 Å². The first-order valence-electron chi connectivity index (χ1n) is 9.79. The van der Waals surface area contributed by atoms with Gasteiger partial charge in [0.05, 0.1) is 11.6 Å². The van der Waals surface area contributed by atoms with Gasteiger partial charge in [-0.1, -0.05) is 0 Å². The van der Waals surface area contributed by atoms with E-state index < -0.39 is 0 Å². The molecule has 1 aliphatic carbocycles. The third-order valence-corrected chi connectivity index (χ3v) is 5.45. The van der Waals surface area contributed by atoms with Crippen LogP contribution in [0.25, 0.3) is 16.7 Å². The number of fused-ring (bicyclic) bond motifs is 1. The third-order valence-electron chi connectivity index (χ3n) is 5.45. The Morgan fingerprint density at radius 2 is 1.90 bits per heavy atom. The number of nitrogens with zero attached hydrogens (tertiary/aromatic N) is 7. The predicted octanol–water partition coefficient (Wildman–Crippen LogP) is 2.50. The van der Waals surface area contributed by atoms with Crippen molar-refractivity contribution in [1.29, 1.82) is 0 Å². The lowest BCUT2D eigenvalue weighted by Gasteiger charge is -2.30. The summed E-state index contributed by atoms with van der Waals surface area (Å²) in [6.07, 6.45) is 7.72. The highest BCUT2D eigenvalue weighted by Crippen LogP contribution is 2.30. The molecule has 1 aromatic carbocycles. The maximum atomic E-state index is 13.7. The minimum absolute atomic E-state index is 0.0126. The zero-order valence-corrected chi connectivity index (χ0v) is 16.0. The molecule has 9 nitrogen and oxygen atoms in total. The lowest BCUT2D eigenvalue weighted by atomic mass is 9.91. The first-order chi connectivity index (χ1) is 14.7. The van der Waals surface area contributed by atoms with Crippen molar-refractivity contribution in [3.63, 3.8) is 0 Å². The molecule has 1 fully saturated rings. The Bertz CT molecular complexity index is 1230. The van der Waals surface area contributed by atoms with Crippen molar-refractivity contribution in [2.24, 2.45) is 0 Å². The molecule has 3 heterocycles. The molecule has 0 radical (unpaired) electrons. The Labute approximate surface area is 170 Å². The summed E-state index contributed by atoms with van der Waals surface area (Å²) in [5, 5.41) is 12.6. The summed E-state index contributed by atoms with van der Waals surface area (Å²) in [7, 11) is 0. The molecule has 1 aliphatic rings. The van der Waals surface area contributed by atoms with E-state index in [2.05, 4.69) is 30.5 Å². The highest BCUT2D eigenvalue weighted by molar-refractivity contribution is 5.88. The van der Waals surface area contributed by atoms with E-state index >= 15 is 0 Å². The molecule has 0 bridgehead atoms. The summed E-state index contributed by atoms with van der Waals surface area (Å²) < 4.78 is 16.7. The van der Waals surface area contributed by atoms with Gasteiger partial charge in [-0.25, -0.2) is 28.7 Å². The molecule has 30 heavy (non-hydrogen) atoms. The molecule has 0 atom stereocenters. The van der Waals surface area contributed by atoms with Crippen molar-refractivity contribution in [3.05, 3.63) is 65.5 Å². The van der Waals surface area contributed by atoms with Crippen molar-refractivity contribution in [2.75, 3.05) is 5.32 Å². The lowest BCUT2D eigenvalue weighted by Crippen LogP contribution is -2.33. The second kappa shape index (κ2) is 7.62. The number of rotatable bonds is 4. The van der Waals surface area contributed by atoms with Crippen molar-refractivity contribution >= 4 is 16.7 Å². The van der Waals surface area contributed by atoms with Crippen molar-refractivity contribution in [2.45, 2.75) is 37.8 Å². The van der Waals surface area contributed by atoms with Gasteiger partial charge in [0.15, 0.2) is 5.82 Å². The Hall–Kier alpha value is -3.69. The summed E-state index contributed by atoms with van der Waals surface area (Å²) in [6.45, 7) is 0. The van der Waals surface area contributed by atoms with Gasteiger partial charge in [0, 0.05) is 17.5 Å². The van der Waals surface area contributed by atoms with Crippen molar-refractivity contribution in [1.82, 2.24) is 34.5 Å². The van der Waals surface area contributed by atoms with Crippen LogP contribution < -0.4 is 10.9 Å². The van der Waals surface area contributed by atoms with Crippen molar-refractivity contribution in [3.8, 4) is 5.82 Å². The Balaban J connectivity index is 1.31. The molecule has 1 N–H and O–H groups in total. The first kappa shape index (κ1) is 18.3. The van der Waals surface area contributed by atoms with Gasteiger partial charge in [0.1, 0.15) is 30.6 Å². The standard InChI is InChI=1S/C20H19FN8O/c21-13-1-6-17-16(9-13)20(24-11-23-17)26-14-2-4-15(5-3-14)29-19(30)8-7-18(27-29)28-12-22-10-25-28/h1,6-12,14-15H,2-5H2,(H,23,24,26). The maximum absolute atomic E-state index is 13.7. The summed E-state index contributed by atoms with van der Waals surface area (Å²) in [5.41, 5.74) is 0.566. The maximum Gasteiger partial charge on any atom is 0.267 e. The zero-order chi connectivity index (χ0) is 20.5. The molecular weight excluding hydrogens is 387 g/mol. The normalized spacial score (nSPS) is 19.1. The van der Waals surface area contributed by atoms with E-state index in [4.69, 9.17) is 0 Å². The van der Waals surface area contributed by atoms with E-state index in [0.717, 1.165) is 25.7 Å². The number of anilines is 1. The molecule has 152 valence electrons. The van der Waals surface area contributed by atoms with Crippen LogP contribution in [-0.4, -0.2) is 40.6 Å². The average molecular weight is 406 g/mol. The highest BCUT2D eigenvalue weighted by atomic mass is 19.1. The number of hydrogen-bond acceptors (Lipinski definition) is 7. The van der Waals surface area contributed by atoms with Crippen LogP contribution in [0.4, 0.5) is 10.2 Å². The molecule has 0 aliphatic heterocycles. The van der Waals surface area contributed by atoms with Crippen LogP contribution in [-0.2, 0) is 0 Å². The van der Waals surface area contributed by atoms with Gasteiger partial charge in [-0.2, -0.15) is 5.10 Å². The molecule has 0 saturated heterocycles. The molecule has 0 unspecified atom stereocenters. The van der Waals surface area contributed by atoms with Gasteiger partial charge in [0.2, 0.25) is 0 Å². The molecule has 4 aromatic rings. The summed E-state index contributed by atoms with van der Waals surface area (Å²) >= 11 is 0. The van der Waals surface area contributed by atoms with Crippen LogP contribution in [0.3, 0.4) is 0 Å². The smallest absolute Gasteiger partial charge is 0.267 e. The van der Waals surface area contributed by atoms with Gasteiger partial charge in [0.25, 0.3) is 5.56 Å². The molecule has 5 rings (SSSR count). The Morgan fingerprint density at radius 3 is 2.70 bits per heavy atom. The highest BCUT2D eigenvalue weighted by Gasteiger charge is 2.25. The molecule has 3 aromatic heterocycles. The van der Waals surface area contributed by atoms with Gasteiger partial charge in [-0.15, -0.1) is 5.10 Å². The van der Waals surface area contributed by atoms with Gasteiger partial charge >= 0.3 is 0 Å². The van der Waals surface area contributed by atoms with Crippen molar-refractivity contribution < 1.29 is 4.39 Å². The van der Waals surface area contributed by atoms with Gasteiger partial charge in [-0.05, 0) is 49.9 Å². The Kier molecular flexibility index (Phi) is 4.66. The number of hydrogen-bond donors (Lipinski definition) is 1. The van der Waals surface area contributed by atoms with Gasteiger partial charge < -0.3 is 5.32 Å². The molecular formula is C20H19FN8O. The van der Waals surface area contributed by atoms with E-state index in [0.29, 0.717) is 22.5 Å². The van der Waals surface area contributed by atoms with Crippen LogP contribution in [0.2, 0.25) is 0 Å². The number of nitrogens with one attached hydrogen (secondary N) is 1. The fraction of sp³-hybridized carbons (Fsp3) is 0.300. The number of halogens is 1. The van der Waals surface area contributed by atoms with E-state index in [1.807, 2.05) is 0 Å². The average Bonchev–Trinajstić information content (AvgIpc) is 3.30.